The fourth-order valence-electron chi connectivity index (χ4n) is 6.34. The molecule has 314 valence electrons. The zero-order valence-electron chi connectivity index (χ0n) is 34.5. The molecule has 0 heterocycles. The third-order valence-corrected chi connectivity index (χ3v) is 10.6. The van der Waals surface area contributed by atoms with Crippen LogP contribution in [0, 0.1) is 0 Å². The number of allylic oxidation sites excluding steroid dienone is 2. The summed E-state index contributed by atoms with van der Waals surface area (Å²) in [7, 11) is -4.37. The van der Waals surface area contributed by atoms with Gasteiger partial charge in [-0.05, 0) is 38.5 Å². The van der Waals surface area contributed by atoms with Crippen molar-refractivity contribution in [3.63, 3.8) is 0 Å². The van der Waals surface area contributed by atoms with E-state index < -0.39 is 26.5 Å². The van der Waals surface area contributed by atoms with Gasteiger partial charge in [0.15, 0.2) is 6.10 Å². The fourth-order valence-corrected chi connectivity index (χ4v) is 7.10. The number of unbranched alkanes of at least 4 members (excludes halogenated alkanes) is 27. The normalized spacial score (nSPS) is 13.4. The lowest BCUT2D eigenvalue weighted by molar-refractivity contribution is -0.161. The number of phosphoric acid groups is 1. The highest BCUT2D eigenvalue weighted by molar-refractivity contribution is 7.47. The number of ether oxygens (including phenoxy) is 2. The molecule has 0 aromatic rings. The van der Waals surface area contributed by atoms with E-state index in [1.807, 2.05) is 0 Å². The van der Waals surface area contributed by atoms with Crippen molar-refractivity contribution < 1.29 is 37.6 Å². The van der Waals surface area contributed by atoms with Crippen LogP contribution in [-0.4, -0.2) is 49.3 Å². The Kier molecular flexibility index (Phi) is 39.5. The molecular weight excluding hydrogens is 689 g/mol. The lowest BCUT2D eigenvalue weighted by Gasteiger charge is -2.19. The SMILES string of the molecule is CCCCCCCC/C=C/CCCCCCCC(=O)O[C@H](COC(=O)CCCCCCCCCCCCCCCCCCC)COP(=O)(O)OCCN. The largest absolute Gasteiger partial charge is 0.472 e. The maximum atomic E-state index is 12.6. The van der Waals surface area contributed by atoms with Crippen LogP contribution in [0.1, 0.15) is 219 Å². The third kappa shape index (κ3) is 40.2. The number of hydrogen-bond donors (Lipinski definition) is 2. The van der Waals surface area contributed by atoms with Gasteiger partial charge in [-0.1, -0.05) is 180 Å². The Bertz CT molecular complexity index is 886. The van der Waals surface area contributed by atoms with Crippen molar-refractivity contribution in [3.05, 3.63) is 12.2 Å². The van der Waals surface area contributed by atoms with Gasteiger partial charge in [0, 0.05) is 19.4 Å². The van der Waals surface area contributed by atoms with E-state index in [0.29, 0.717) is 6.42 Å². The summed E-state index contributed by atoms with van der Waals surface area (Å²) in [4.78, 5) is 34.9. The Morgan fingerprint density at radius 1 is 0.547 bits per heavy atom. The van der Waals surface area contributed by atoms with Gasteiger partial charge in [0.2, 0.25) is 0 Å². The molecule has 0 aliphatic carbocycles. The molecule has 0 spiro atoms. The molecule has 0 amide bonds. The topological polar surface area (TPSA) is 134 Å². The second-order valence-electron chi connectivity index (χ2n) is 14.9. The van der Waals surface area contributed by atoms with Crippen LogP contribution < -0.4 is 5.73 Å². The zero-order valence-corrected chi connectivity index (χ0v) is 35.4. The number of carbonyl (C=O) groups is 2. The van der Waals surface area contributed by atoms with Crippen molar-refractivity contribution in [2.75, 3.05) is 26.4 Å². The first kappa shape index (κ1) is 51.8. The van der Waals surface area contributed by atoms with Gasteiger partial charge in [-0.15, -0.1) is 0 Å². The molecule has 0 aliphatic rings. The molecule has 10 heteroatoms. The van der Waals surface area contributed by atoms with Crippen LogP contribution in [0.15, 0.2) is 12.2 Å². The molecule has 3 N–H and O–H groups in total. The van der Waals surface area contributed by atoms with Crippen LogP contribution >= 0.6 is 7.82 Å². The van der Waals surface area contributed by atoms with Gasteiger partial charge in [-0.2, -0.15) is 0 Å². The van der Waals surface area contributed by atoms with Crippen LogP contribution in [0.4, 0.5) is 0 Å². The minimum absolute atomic E-state index is 0.0549. The predicted octanol–water partition coefficient (Wildman–Crippen LogP) is 12.6. The van der Waals surface area contributed by atoms with E-state index in [1.165, 1.54) is 135 Å². The molecule has 0 saturated carbocycles. The lowest BCUT2D eigenvalue weighted by Crippen LogP contribution is -2.29. The van der Waals surface area contributed by atoms with Gasteiger partial charge >= 0.3 is 19.8 Å². The molecule has 0 saturated heterocycles. The van der Waals surface area contributed by atoms with E-state index in [1.54, 1.807) is 0 Å². The van der Waals surface area contributed by atoms with Crippen molar-refractivity contribution in [3.8, 4) is 0 Å². The highest BCUT2D eigenvalue weighted by Gasteiger charge is 2.26. The highest BCUT2D eigenvalue weighted by Crippen LogP contribution is 2.43. The molecule has 2 atom stereocenters. The molecule has 0 aromatic carbocycles. The summed E-state index contributed by atoms with van der Waals surface area (Å²) < 4.78 is 32.8. The van der Waals surface area contributed by atoms with E-state index in [9.17, 15) is 19.0 Å². The van der Waals surface area contributed by atoms with E-state index in [2.05, 4.69) is 26.0 Å². The van der Waals surface area contributed by atoms with E-state index in [-0.39, 0.29) is 38.6 Å². The van der Waals surface area contributed by atoms with Gasteiger partial charge < -0.3 is 20.1 Å². The Labute approximate surface area is 326 Å². The average molecular weight is 774 g/mol. The smallest absolute Gasteiger partial charge is 0.462 e. The van der Waals surface area contributed by atoms with Gasteiger partial charge in [-0.3, -0.25) is 18.6 Å². The van der Waals surface area contributed by atoms with Crippen LogP contribution in [0.25, 0.3) is 0 Å². The summed E-state index contributed by atoms with van der Waals surface area (Å²) in [6.07, 6.45) is 40.9. The van der Waals surface area contributed by atoms with Gasteiger partial charge in [0.05, 0.1) is 13.2 Å². The van der Waals surface area contributed by atoms with E-state index >= 15 is 0 Å². The summed E-state index contributed by atoms with van der Waals surface area (Å²) in [6.45, 7) is 3.75. The van der Waals surface area contributed by atoms with Gasteiger partial charge in [-0.25, -0.2) is 4.57 Å². The summed E-state index contributed by atoms with van der Waals surface area (Å²) >= 11 is 0. The van der Waals surface area contributed by atoms with Crippen molar-refractivity contribution in [1.82, 2.24) is 0 Å². The minimum Gasteiger partial charge on any atom is -0.462 e. The number of esters is 2. The predicted molar refractivity (Wildman–Crippen MR) is 220 cm³/mol. The molecular formula is C43H84NO8P. The summed E-state index contributed by atoms with van der Waals surface area (Å²) in [6, 6.07) is 0. The Morgan fingerprint density at radius 3 is 1.34 bits per heavy atom. The van der Waals surface area contributed by atoms with Gasteiger partial charge in [0.25, 0.3) is 0 Å². The van der Waals surface area contributed by atoms with Crippen molar-refractivity contribution in [2.24, 2.45) is 5.73 Å². The first-order valence-corrected chi connectivity index (χ1v) is 23.7. The summed E-state index contributed by atoms with van der Waals surface area (Å²) in [5, 5.41) is 0. The molecule has 1 unspecified atom stereocenters. The average Bonchev–Trinajstić information content (AvgIpc) is 3.14. The van der Waals surface area contributed by atoms with Crippen molar-refractivity contribution in [2.45, 2.75) is 225 Å². The Hall–Kier alpha value is -1.25. The molecule has 53 heavy (non-hydrogen) atoms. The third-order valence-electron chi connectivity index (χ3n) is 9.65. The van der Waals surface area contributed by atoms with E-state index in [4.69, 9.17) is 24.3 Å². The number of hydrogen-bond acceptors (Lipinski definition) is 8. The number of rotatable bonds is 42. The monoisotopic (exact) mass is 774 g/mol. The summed E-state index contributed by atoms with van der Waals surface area (Å²) in [5.41, 5.74) is 5.35. The van der Waals surface area contributed by atoms with Crippen LogP contribution in [0.2, 0.25) is 0 Å². The first-order valence-electron chi connectivity index (χ1n) is 22.2. The summed E-state index contributed by atoms with van der Waals surface area (Å²) in [5.74, 6) is -0.827. The second kappa shape index (κ2) is 40.4. The molecule has 0 bridgehead atoms. The lowest BCUT2D eigenvalue weighted by atomic mass is 10.0. The number of nitrogens with two attached hydrogens (primary N) is 1. The maximum Gasteiger partial charge on any atom is 0.472 e. The fraction of sp³-hybridized carbons (Fsp3) is 0.907. The second-order valence-corrected chi connectivity index (χ2v) is 16.4. The molecule has 9 nitrogen and oxygen atoms in total. The minimum atomic E-state index is -4.37. The quantitative estimate of drug-likeness (QED) is 0.0269. The van der Waals surface area contributed by atoms with Gasteiger partial charge in [0.1, 0.15) is 6.61 Å². The first-order chi connectivity index (χ1) is 25.8. The standard InChI is InChI=1S/C43H84NO8P/c1-3-5-7-9-11-13-15-17-19-20-22-23-25-27-29-31-33-35-42(45)49-39-41(40-51-53(47,48)50-38-37-44)52-43(46)36-34-32-30-28-26-24-21-18-16-14-12-10-8-6-4-2/h18,21,41H,3-17,19-20,22-40,44H2,1-2H3,(H,47,48)/b21-18+/t41-/m1/s1. The van der Waals surface area contributed by atoms with Crippen molar-refractivity contribution >= 4 is 19.8 Å². The molecule has 0 rings (SSSR count). The molecule has 0 radical (unpaired) electrons. The van der Waals surface area contributed by atoms with Crippen molar-refractivity contribution in [1.29, 1.82) is 0 Å². The van der Waals surface area contributed by atoms with Crippen LogP contribution in [0.3, 0.4) is 0 Å². The Balaban J connectivity index is 4.11. The molecule has 0 aliphatic heterocycles. The van der Waals surface area contributed by atoms with Crippen LogP contribution in [0.5, 0.6) is 0 Å². The number of carbonyl (C=O) groups excluding carboxylic acids is 2. The Morgan fingerprint density at radius 2 is 0.925 bits per heavy atom. The van der Waals surface area contributed by atoms with Crippen LogP contribution in [-0.2, 0) is 32.7 Å². The highest BCUT2D eigenvalue weighted by atomic mass is 31.2. The zero-order chi connectivity index (χ0) is 38.9. The molecule has 0 fully saturated rings. The molecule has 0 aromatic heterocycles. The van der Waals surface area contributed by atoms with E-state index in [0.717, 1.165) is 51.4 Å². The maximum absolute atomic E-state index is 12.6. The number of phosphoric ester groups is 1.